The Labute approximate surface area is 185 Å². The van der Waals surface area contributed by atoms with Crippen molar-refractivity contribution in [2.75, 3.05) is 18.4 Å². The van der Waals surface area contributed by atoms with Gasteiger partial charge in [-0.15, -0.1) is 10.2 Å². The van der Waals surface area contributed by atoms with E-state index in [4.69, 9.17) is 4.74 Å². The molecule has 1 aliphatic heterocycles. The molecule has 0 bridgehead atoms. The maximum atomic E-state index is 14.9. The van der Waals surface area contributed by atoms with E-state index in [2.05, 4.69) is 15.5 Å². The lowest BCUT2D eigenvalue weighted by Gasteiger charge is -2.35. The van der Waals surface area contributed by atoms with Gasteiger partial charge in [-0.05, 0) is 52.7 Å². The smallest absolute Gasteiger partial charge is 0.410 e. The Balaban J connectivity index is 1.63. The molecule has 0 saturated carbocycles. The minimum atomic E-state index is -3.57. The maximum Gasteiger partial charge on any atom is 0.410 e. The second kappa shape index (κ2) is 9.22. The third-order valence-corrected chi connectivity index (χ3v) is 5.30. The van der Waals surface area contributed by atoms with Gasteiger partial charge in [-0.2, -0.15) is 8.78 Å². The lowest BCUT2D eigenvalue weighted by Crippen LogP contribution is -2.49. The average molecular weight is 450 g/mol. The summed E-state index contributed by atoms with van der Waals surface area (Å²) in [6, 6.07) is 6.58. The number of amides is 2. The van der Waals surface area contributed by atoms with Crippen molar-refractivity contribution < 1.29 is 23.1 Å². The molecule has 2 heterocycles. The van der Waals surface area contributed by atoms with Crippen molar-refractivity contribution in [2.45, 2.75) is 58.6 Å². The lowest BCUT2D eigenvalue weighted by atomic mass is 9.90. The van der Waals surface area contributed by atoms with Crippen LogP contribution < -0.4 is 5.32 Å². The van der Waals surface area contributed by atoms with Crippen LogP contribution in [0.2, 0.25) is 0 Å². The van der Waals surface area contributed by atoms with Crippen molar-refractivity contribution in [1.82, 2.24) is 19.7 Å². The van der Waals surface area contributed by atoms with E-state index < -0.39 is 29.4 Å². The molecule has 0 radical (unpaired) electrons. The SMILES string of the molecule is CCn1cnnc1-c1cccc(NC(=O)C(F)(F)C2CCN(C(=O)OC(C)(C)C)CC2)c1. The van der Waals surface area contributed by atoms with E-state index in [9.17, 15) is 18.4 Å². The van der Waals surface area contributed by atoms with Crippen molar-refractivity contribution >= 4 is 17.7 Å². The van der Waals surface area contributed by atoms with Gasteiger partial charge in [0, 0.05) is 36.8 Å². The van der Waals surface area contributed by atoms with E-state index in [1.807, 2.05) is 11.5 Å². The second-order valence-electron chi connectivity index (χ2n) is 8.84. The Morgan fingerprint density at radius 3 is 2.53 bits per heavy atom. The van der Waals surface area contributed by atoms with Gasteiger partial charge in [0.25, 0.3) is 5.91 Å². The number of alkyl halides is 2. The van der Waals surface area contributed by atoms with Gasteiger partial charge >= 0.3 is 12.0 Å². The number of aromatic nitrogens is 3. The topological polar surface area (TPSA) is 89.4 Å². The largest absolute Gasteiger partial charge is 0.444 e. The van der Waals surface area contributed by atoms with Crippen LogP contribution in [0.3, 0.4) is 0 Å². The predicted octanol–water partition coefficient (Wildman–Crippen LogP) is 4.19. The highest BCUT2D eigenvalue weighted by Crippen LogP contribution is 2.35. The number of benzene rings is 1. The zero-order valence-corrected chi connectivity index (χ0v) is 18.8. The molecule has 1 N–H and O–H groups in total. The summed E-state index contributed by atoms with van der Waals surface area (Å²) < 4.78 is 36.9. The second-order valence-corrected chi connectivity index (χ2v) is 8.84. The molecule has 1 saturated heterocycles. The molecular weight excluding hydrogens is 420 g/mol. The fourth-order valence-electron chi connectivity index (χ4n) is 3.60. The Hall–Kier alpha value is -3.04. The highest BCUT2D eigenvalue weighted by Gasteiger charge is 2.48. The van der Waals surface area contributed by atoms with Crippen LogP contribution >= 0.6 is 0 Å². The number of nitrogens with zero attached hydrogens (tertiary/aromatic N) is 4. The van der Waals surface area contributed by atoms with Gasteiger partial charge in [0.05, 0.1) is 0 Å². The van der Waals surface area contributed by atoms with Crippen molar-refractivity contribution in [2.24, 2.45) is 5.92 Å². The van der Waals surface area contributed by atoms with Gasteiger partial charge in [-0.3, -0.25) is 4.79 Å². The summed E-state index contributed by atoms with van der Waals surface area (Å²) in [5.41, 5.74) is 0.261. The van der Waals surface area contributed by atoms with E-state index in [-0.39, 0.29) is 31.6 Å². The minimum absolute atomic E-state index is 0.0132. The highest BCUT2D eigenvalue weighted by atomic mass is 19.3. The molecule has 3 rings (SSSR count). The first-order valence-electron chi connectivity index (χ1n) is 10.7. The number of ether oxygens (including phenoxy) is 1. The third-order valence-electron chi connectivity index (χ3n) is 5.30. The van der Waals surface area contributed by atoms with Crippen molar-refractivity contribution in [3.63, 3.8) is 0 Å². The van der Waals surface area contributed by atoms with Crippen LogP contribution in [0.5, 0.6) is 0 Å². The number of rotatable bonds is 5. The first kappa shape index (κ1) is 23.6. The Morgan fingerprint density at radius 1 is 1.22 bits per heavy atom. The van der Waals surface area contributed by atoms with Crippen molar-refractivity contribution in [3.05, 3.63) is 30.6 Å². The third kappa shape index (κ3) is 5.41. The van der Waals surface area contributed by atoms with Crippen molar-refractivity contribution in [3.8, 4) is 11.4 Å². The summed E-state index contributed by atoms with van der Waals surface area (Å²) in [4.78, 5) is 26.0. The van der Waals surface area contributed by atoms with Crippen LogP contribution in [-0.4, -0.2) is 56.3 Å². The highest BCUT2D eigenvalue weighted by molar-refractivity contribution is 5.96. The molecular formula is C22H29F2N5O3. The molecule has 1 aliphatic rings. The summed E-state index contributed by atoms with van der Waals surface area (Å²) in [6.07, 6.45) is 1.08. The van der Waals surface area contributed by atoms with E-state index in [0.717, 1.165) is 0 Å². The minimum Gasteiger partial charge on any atom is -0.444 e. The van der Waals surface area contributed by atoms with Gasteiger partial charge in [-0.1, -0.05) is 12.1 Å². The van der Waals surface area contributed by atoms with Gasteiger partial charge in [-0.25, -0.2) is 4.79 Å². The maximum absolute atomic E-state index is 14.9. The molecule has 1 aromatic carbocycles. The summed E-state index contributed by atoms with van der Waals surface area (Å²) in [7, 11) is 0. The molecule has 0 aliphatic carbocycles. The number of halogens is 2. The summed E-state index contributed by atoms with van der Waals surface area (Å²) in [5, 5.41) is 10.3. The van der Waals surface area contributed by atoms with Crippen LogP contribution in [0.4, 0.5) is 19.3 Å². The summed E-state index contributed by atoms with van der Waals surface area (Å²) in [5.74, 6) is -5.50. The summed E-state index contributed by atoms with van der Waals surface area (Å²) in [6.45, 7) is 8.06. The molecule has 0 spiro atoms. The number of carbonyl (C=O) groups excluding carboxylic acids is 2. The van der Waals surface area contributed by atoms with Crippen LogP contribution in [0.15, 0.2) is 30.6 Å². The molecule has 10 heteroatoms. The van der Waals surface area contributed by atoms with Crippen molar-refractivity contribution in [1.29, 1.82) is 0 Å². The van der Waals surface area contributed by atoms with E-state index >= 15 is 0 Å². The normalized spacial score (nSPS) is 15.5. The molecule has 1 fully saturated rings. The first-order chi connectivity index (χ1) is 15.0. The van der Waals surface area contributed by atoms with Crippen LogP contribution in [-0.2, 0) is 16.1 Å². The fourth-order valence-corrected chi connectivity index (χ4v) is 3.60. The number of likely N-dealkylation sites (tertiary alicyclic amines) is 1. The Morgan fingerprint density at radius 2 is 1.91 bits per heavy atom. The number of aryl methyl sites for hydroxylation is 1. The van der Waals surface area contributed by atoms with Gasteiger partial charge in [0.2, 0.25) is 0 Å². The molecule has 0 unspecified atom stereocenters. The number of carbonyl (C=O) groups is 2. The molecule has 2 amide bonds. The number of anilines is 1. The average Bonchev–Trinajstić information content (AvgIpc) is 3.22. The van der Waals surface area contributed by atoms with Crippen LogP contribution in [0, 0.1) is 5.92 Å². The zero-order chi connectivity index (χ0) is 23.5. The first-order valence-corrected chi connectivity index (χ1v) is 10.7. The van der Waals surface area contributed by atoms with E-state index in [0.29, 0.717) is 17.9 Å². The quantitative estimate of drug-likeness (QED) is 0.740. The monoisotopic (exact) mass is 449 g/mol. The molecule has 1 aromatic heterocycles. The number of piperidine rings is 1. The molecule has 0 atom stereocenters. The zero-order valence-electron chi connectivity index (χ0n) is 18.8. The Kier molecular flexibility index (Phi) is 6.80. The van der Waals surface area contributed by atoms with Crippen LogP contribution in [0.1, 0.15) is 40.5 Å². The number of hydrogen-bond donors (Lipinski definition) is 1. The summed E-state index contributed by atoms with van der Waals surface area (Å²) >= 11 is 0. The molecule has 8 nitrogen and oxygen atoms in total. The van der Waals surface area contributed by atoms with Crippen LogP contribution in [0.25, 0.3) is 11.4 Å². The van der Waals surface area contributed by atoms with E-state index in [1.165, 1.54) is 4.90 Å². The number of nitrogens with one attached hydrogen (secondary N) is 1. The van der Waals surface area contributed by atoms with Gasteiger partial charge in [0.1, 0.15) is 11.9 Å². The van der Waals surface area contributed by atoms with E-state index in [1.54, 1.807) is 51.4 Å². The molecule has 2 aromatic rings. The lowest BCUT2D eigenvalue weighted by molar-refractivity contribution is -0.150. The molecule has 174 valence electrons. The fraction of sp³-hybridized carbons (Fsp3) is 0.545. The predicted molar refractivity (Wildman–Crippen MR) is 115 cm³/mol. The van der Waals surface area contributed by atoms with Gasteiger partial charge < -0.3 is 19.5 Å². The molecule has 32 heavy (non-hydrogen) atoms. The Bertz CT molecular complexity index is 962. The number of hydrogen-bond acceptors (Lipinski definition) is 5. The standard InChI is InChI=1S/C22H29F2N5O3/c1-5-28-14-25-27-18(28)15-7-6-8-17(13-15)26-19(30)22(23,24)16-9-11-29(12-10-16)20(31)32-21(2,3)4/h6-8,13-14,16H,5,9-12H2,1-4H3,(H,26,30). The van der Waals surface area contributed by atoms with Gasteiger partial charge in [0.15, 0.2) is 5.82 Å².